The molecule has 1 saturated carbocycles. The molecule has 0 spiro atoms. The maximum absolute atomic E-state index is 12.1. The highest BCUT2D eigenvalue weighted by molar-refractivity contribution is 7.17. The smallest absolute Gasteiger partial charge is 0.268 e. The third-order valence-electron chi connectivity index (χ3n) is 3.69. The van der Waals surface area contributed by atoms with E-state index in [2.05, 4.69) is 25.8 Å². The lowest BCUT2D eigenvalue weighted by Crippen LogP contribution is -2.10. The van der Waals surface area contributed by atoms with Crippen LogP contribution in [-0.2, 0) is 0 Å². The van der Waals surface area contributed by atoms with Crippen molar-refractivity contribution in [3.05, 3.63) is 22.8 Å². The van der Waals surface area contributed by atoms with Crippen molar-refractivity contribution < 1.29 is 4.79 Å². The number of anilines is 2. The Labute approximate surface area is 127 Å². The Hall–Kier alpha value is -1.89. The van der Waals surface area contributed by atoms with Crippen molar-refractivity contribution in [2.45, 2.75) is 38.5 Å². The lowest BCUT2D eigenvalue weighted by molar-refractivity contribution is 0.103. The number of carbonyl (C=O) groups excluding carboxylic acids is 1. The summed E-state index contributed by atoms with van der Waals surface area (Å²) in [6, 6.07) is 1.94. The van der Waals surface area contributed by atoms with Gasteiger partial charge in [0.25, 0.3) is 5.91 Å². The zero-order chi connectivity index (χ0) is 14.7. The molecule has 1 amide bonds. The van der Waals surface area contributed by atoms with Crippen LogP contribution in [0.15, 0.2) is 12.3 Å². The van der Waals surface area contributed by atoms with Gasteiger partial charge in [0.1, 0.15) is 4.88 Å². The van der Waals surface area contributed by atoms with Crippen molar-refractivity contribution in [1.29, 1.82) is 0 Å². The normalized spacial score (nSPS) is 15.3. The first-order chi connectivity index (χ1) is 10.3. The van der Waals surface area contributed by atoms with Crippen LogP contribution in [0.5, 0.6) is 0 Å². The average molecular weight is 305 g/mol. The Kier molecular flexibility index (Phi) is 4.19. The van der Waals surface area contributed by atoms with E-state index in [9.17, 15) is 4.79 Å². The largest absolute Gasteiger partial charge is 0.362 e. The van der Waals surface area contributed by atoms with Gasteiger partial charge >= 0.3 is 0 Å². The summed E-state index contributed by atoms with van der Waals surface area (Å²) < 4.78 is 0. The van der Waals surface area contributed by atoms with Gasteiger partial charge in [-0.1, -0.05) is 24.2 Å². The molecule has 0 unspecified atom stereocenters. The minimum atomic E-state index is -0.166. The fraction of sp³-hybridized carbons (Fsp3) is 0.500. The van der Waals surface area contributed by atoms with E-state index in [1.807, 2.05) is 13.0 Å². The molecule has 21 heavy (non-hydrogen) atoms. The number of carbonyl (C=O) groups is 1. The van der Waals surface area contributed by atoms with E-state index in [0.717, 1.165) is 17.4 Å². The number of amides is 1. The second kappa shape index (κ2) is 6.26. The van der Waals surface area contributed by atoms with Gasteiger partial charge in [0.05, 0.1) is 6.20 Å². The number of aromatic nitrogens is 3. The zero-order valence-electron chi connectivity index (χ0n) is 12.0. The lowest BCUT2D eigenvalue weighted by Gasteiger charge is -2.03. The summed E-state index contributed by atoms with van der Waals surface area (Å²) in [5.41, 5.74) is 1.13. The molecular formula is C14H19N5OS. The maximum atomic E-state index is 12.1. The van der Waals surface area contributed by atoms with E-state index in [1.165, 1.54) is 37.0 Å². The van der Waals surface area contributed by atoms with Crippen molar-refractivity contribution in [3.63, 3.8) is 0 Å². The Balaban J connectivity index is 1.63. The van der Waals surface area contributed by atoms with Gasteiger partial charge in [0, 0.05) is 24.2 Å². The molecular weight excluding hydrogens is 286 g/mol. The van der Waals surface area contributed by atoms with Crippen molar-refractivity contribution in [2.24, 2.45) is 0 Å². The molecule has 1 aliphatic carbocycles. The van der Waals surface area contributed by atoms with Crippen LogP contribution in [-0.4, -0.2) is 27.6 Å². The number of nitrogens with zero attached hydrogens (tertiary/aromatic N) is 2. The SMILES string of the molecule is CCNc1ncc(C(=O)Nc2cc(C3CCCC3)[nH]n2)s1. The third-order valence-corrected chi connectivity index (χ3v) is 4.65. The molecule has 6 nitrogen and oxygen atoms in total. The van der Waals surface area contributed by atoms with Crippen molar-refractivity contribution in [3.8, 4) is 0 Å². The zero-order valence-corrected chi connectivity index (χ0v) is 12.8. The second-order valence-electron chi connectivity index (χ2n) is 5.20. The standard InChI is InChI=1S/C14H19N5OS/c1-2-15-14-16-8-11(21-14)13(20)17-12-7-10(18-19-12)9-5-3-4-6-9/h7-9H,2-6H2,1H3,(H,15,16)(H2,17,18,19,20). The van der Waals surface area contributed by atoms with Crippen LogP contribution >= 0.6 is 11.3 Å². The fourth-order valence-corrected chi connectivity index (χ4v) is 3.42. The molecule has 0 aliphatic heterocycles. The number of hydrogen-bond donors (Lipinski definition) is 3. The predicted octanol–water partition coefficient (Wildman–Crippen LogP) is 3.21. The number of thiazole rings is 1. The second-order valence-corrected chi connectivity index (χ2v) is 6.23. The van der Waals surface area contributed by atoms with Gasteiger partial charge in [-0.3, -0.25) is 9.89 Å². The molecule has 2 aromatic rings. The number of nitrogens with one attached hydrogen (secondary N) is 3. The molecule has 2 heterocycles. The molecule has 2 aromatic heterocycles. The number of rotatable bonds is 5. The van der Waals surface area contributed by atoms with Gasteiger partial charge in [-0.05, 0) is 19.8 Å². The first-order valence-corrected chi connectivity index (χ1v) is 8.14. The Morgan fingerprint density at radius 2 is 2.29 bits per heavy atom. The molecule has 112 valence electrons. The molecule has 1 fully saturated rings. The van der Waals surface area contributed by atoms with E-state index < -0.39 is 0 Å². The average Bonchev–Trinajstić information content (AvgIpc) is 3.20. The van der Waals surface area contributed by atoms with Gasteiger partial charge < -0.3 is 10.6 Å². The quantitative estimate of drug-likeness (QED) is 0.792. The van der Waals surface area contributed by atoms with Crippen LogP contribution in [0.25, 0.3) is 0 Å². The van der Waals surface area contributed by atoms with Crippen molar-refractivity contribution in [2.75, 3.05) is 17.2 Å². The van der Waals surface area contributed by atoms with E-state index in [4.69, 9.17) is 0 Å². The Morgan fingerprint density at radius 3 is 3.05 bits per heavy atom. The maximum Gasteiger partial charge on any atom is 0.268 e. The molecule has 0 bridgehead atoms. The van der Waals surface area contributed by atoms with Crippen LogP contribution in [0.2, 0.25) is 0 Å². The Bertz CT molecular complexity index is 614. The summed E-state index contributed by atoms with van der Waals surface area (Å²) in [6.07, 6.45) is 6.55. The monoisotopic (exact) mass is 305 g/mol. The predicted molar refractivity (Wildman–Crippen MR) is 84.0 cm³/mol. The van der Waals surface area contributed by atoms with Gasteiger partial charge in [0.2, 0.25) is 0 Å². The first-order valence-electron chi connectivity index (χ1n) is 7.32. The van der Waals surface area contributed by atoms with E-state index in [0.29, 0.717) is 16.6 Å². The lowest BCUT2D eigenvalue weighted by atomic mass is 10.0. The highest BCUT2D eigenvalue weighted by Crippen LogP contribution is 2.33. The van der Waals surface area contributed by atoms with E-state index in [-0.39, 0.29) is 5.91 Å². The summed E-state index contributed by atoms with van der Waals surface area (Å²) in [5.74, 6) is 0.980. The van der Waals surface area contributed by atoms with E-state index >= 15 is 0 Å². The summed E-state index contributed by atoms with van der Waals surface area (Å²) in [6.45, 7) is 2.79. The van der Waals surface area contributed by atoms with Gasteiger partial charge in [-0.15, -0.1) is 0 Å². The number of H-pyrrole nitrogens is 1. The molecule has 1 aliphatic rings. The van der Waals surface area contributed by atoms with Crippen LogP contribution in [0.1, 0.15) is 53.9 Å². The van der Waals surface area contributed by atoms with Gasteiger partial charge in [-0.25, -0.2) is 4.98 Å². The van der Waals surface area contributed by atoms with Crippen LogP contribution in [0.3, 0.4) is 0 Å². The molecule has 3 N–H and O–H groups in total. The van der Waals surface area contributed by atoms with Gasteiger partial charge in [-0.2, -0.15) is 5.10 Å². The summed E-state index contributed by atoms with van der Waals surface area (Å²) in [5, 5.41) is 13.9. The van der Waals surface area contributed by atoms with Crippen molar-refractivity contribution in [1.82, 2.24) is 15.2 Å². The van der Waals surface area contributed by atoms with Crippen LogP contribution in [0, 0.1) is 0 Å². The van der Waals surface area contributed by atoms with Crippen molar-refractivity contribution >= 4 is 28.2 Å². The molecule has 7 heteroatoms. The third kappa shape index (κ3) is 3.24. The minimum Gasteiger partial charge on any atom is -0.362 e. The summed E-state index contributed by atoms with van der Waals surface area (Å²) in [7, 11) is 0. The molecule has 0 aromatic carbocycles. The summed E-state index contributed by atoms with van der Waals surface area (Å²) >= 11 is 1.34. The molecule has 0 saturated heterocycles. The number of hydrogen-bond acceptors (Lipinski definition) is 5. The van der Waals surface area contributed by atoms with Crippen LogP contribution < -0.4 is 10.6 Å². The highest BCUT2D eigenvalue weighted by atomic mass is 32.1. The van der Waals surface area contributed by atoms with Gasteiger partial charge in [0.15, 0.2) is 10.9 Å². The number of aromatic amines is 1. The summed E-state index contributed by atoms with van der Waals surface area (Å²) in [4.78, 5) is 16.9. The first kappa shape index (κ1) is 14.1. The topological polar surface area (TPSA) is 82.7 Å². The highest BCUT2D eigenvalue weighted by Gasteiger charge is 2.20. The fourth-order valence-electron chi connectivity index (χ4n) is 2.64. The van der Waals surface area contributed by atoms with E-state index in [1.54, 1.807) is 6.20 Å². The molecule has 0 radical (unpaired) electrons. The van der Waals surface area contributed by atoms with Crippen LogP contribution in [0.4, 0.5) is 10.9 Å². The minimum absolute atomic E-state index is 0.166. The Morgan fingerprint density at radius 1 is 1.48 bits per heavy atom. The molecule has 0 atom stereocenters. The molecule has 3 rings (SSSR count).